The molecule has 0 saturated carbocycles. The number of hydrogen-bond acceptors (Lipinski definition) is 4. The van der Waals surface area contributed by atoms with Crippen molar-refractivity contribution in [2.75, 3.05) is 12.4 Å². The number of rotatable bonds is 6. The van der Waals surface area contributed by atoms with Crippen LogP contribution in [0, 0.1) is 5.92 Å². The van der Waals surface area contributed by atoms with E-state index >= 15 is 0 Å². The zero-order valence-corrected chi connectivity index (χ0v) is 11.4. The Hall–Kier alpha value is -1.46. The monoisotopic (exact) mass is 280 g/mol. The predicted molar refractivity (Wildman–Crippen MR) is 75.6 cm³/mol. The average Bonchev–Trinajstić information content (AvgIpc) is 2.78. The lowest BCUT2D eigenvalue weighted by Gasteiger charge is -2.06. The summed E-state index contributed by atoms with van der Waals surface area (Å²) in [7, 11) is 0. The summed E-state index contributed by atoms with van der Waals surface area (Å²) in [6.45, 7) is 2.10. The number of benzene rings is 1. The number of para-hydroxylation sites is 1. The summed E-state index contributed by atoms with van der Waals surface area (Å²) in [5, 5.41) is 19.0. The van der Waals surface area contributed by atoms with Crippen LogP contribution in [-0.2, 0) is 5.75 Å². The molecule has 1 heterocycles. The highest BCUT2D eigenvalue weighted by Crippen LogP contribution is 2.29. The molecule has 0 fully saturated rings. The smallest absolute Gasteiger partial charge is 0.372 e. The summed E-state index contributed by atoms with van der Waals surface area (Å²) in [5.41, 5.74) is 1.32. The lowest BCUT2D eigenvalue weighted by Crippen LogP contribution is -2.04. The zero-order valence-electron chi connectivity index (χ0n) is 10.6. The quantitative estimate of drug-likeness (QED) is 0.851. The van der Waals surface area contributed by atoms with Gasteiger partial charge in [-0.3, -0.25) is 0 Å². The second-order valence-electron chi connectivity index (χ2n) is 4.51. The van der Waals surface area contributed by atoms with Crippen molar-refractivity contribution in [1.82, 2.24) is 0 Å². The van der Waals surface area contributed by atoms with E-state index in [0.29, 0.717) is 11.3 Å². The van der Waals surface area contributed by atoms with Crippen LogP contribution in [0.25, 0.3) is 11.0 Å². The molecule has 102 valence electrons. The molecule has 1 atom stereocenters. The molecule has 0 aliphatic heterocycles. The summed E-state index contributed by atoms with van der Waals surface area (Å²) in [6, 6.07) is 7.33. The van der Waals surface area contributed by atoms with Gasteiger partial charge >= 0.3 is 5.97 Å². The van der Waals surface area contributed by atoms with Gasteiger partial charge < -0.3 is 14.6 Å². The van der Waals surface area contributed by atoms with E-state index in [2.05, 4.69) is 0 Å². The minimum absolute atomic E-state index is 0.0188. The molecule has 0 radical (unpaired) electrons. The van der Waals surface area contributed by atoms with Crippen molar-refractivity contribution in [1.29, 1.82) is 0 Å². The van der Waals surface area contributed by atoms with Crippen LogP contribution in [0.5, 0.6) is 0 Å². The van der Waals surface area contributed by atoms with E-state index in [1.165, 1.54) is 0 Å². The molecule has 2 N–H and O–H groups in total. The average molecular weight is 280 g/mol. The van der Waals surface area contributed by atoms with Gasteiger partial charge in [-0.15, -0.1) is 0 Å². The molecule has 2 rings (SSSR count). The van der Waals surface area contributed by atoms with Crippen molar-refractivity contribution in [2.24, 2.45) is 5.92 Å². The zero-order chi connectivity index (χ0) is 13.8. The van der Waals surface area contributed by atoms with Gasteiger partial charge in [0.1, 0.15) is 5.58 Å². The van der Waals surface area contributed by atoms with Crippen molar-refractivity contribution in [2.45, 2.75) is 12.7 Å². The van der Waals surface area contributed by atoms with Crippen molar-refractivity contribution in [3.8, 4) is 0 Å². The first-order valence-corrected chi connectivity index (χ1v) is 7.21. The predicted octanol–water partition coefficient (Wildman–Crippen LogP) is 2.99. The first kappa shape index (κ1) is 14.0. The number of aromatic carboxylic acids is 1. The standard InChI is InChI=1S/C14H16O4S/c1-9(6-15)7-19-8-11-10-4-2-3-5-12(10)18-13(11)14(16)17/h2-5,9,15H,6-8H2,1H3,(H,16,17). The molecule has 0 spiro atoms. The Bertz CT molecular complexity index is 576. The first-order chi connectivity index (χ1) is 9.13. The van der Waals surface area contributed by atoms with Crippen LogP contribution in [0.15, 0.2) is 28.7 Å². The third kappa shape index (κ3) is 3.11. The third-order valence-electron chi connectivity index (χ3n) is 2.85. The van der Waals surface area contributed by atoms with Crippen molar-refractivity contribution >= 4 is 28.7 Å². The highest BCUT2D eigenvalue weighted by atomic mass is 32.2. The van der Waals surface area contributed by atoms with E-state index < -0.39 is 5.97 Å². The topological polar surface area (TPSA) is 70.7 Å². The molecule has 4 nitrogen and oxygen atoms in total. The number of aliphatic hydroxyl groups is 1. The maximum absolute atomic E-state index is 11.2. The molecule has 0 saturated heterocycles. The van der Waals surface area contributed by atoms with Gasteiger partial charge in [-0.05, 0) is 17.7 Å². The van der Waals surface area contributed by atoms with Crippen molar-refractivity contribution < 1.29 is 19.4 Å². The number of aliphatic hydroxyl groups excluding tert-OH is 1. The Morgan fingerprint density at radius 3 is 2.84 bits per heavy atom. The van der Waals surface area contributed by atoms with Crippen LogP contribution in [0.4, 0.5) is 0 Å². The van der Waals surface area contributed by atoms with E-state index in [4.69, 9.17) is 9.52 Å². The Labute approximate surface area is 115 Å². The molecule has 19 heavy (non-hydrogen) atoms. The number of carbonyl (C=O) groups is 1. The highest BCUT2D eigenvalue weighted by molar-refractivity contribution is 7.98. The SMILES string of the molecule is CC(CO)CSCc1c(C(=O)O)oc2ccccc12. The minimum Gasteiger partial charge on any atom is -0.475 e. The third-order valence-corrected chi connectivity index (χ3v) is 4.15. The van der Waals surface area contributed by atoms with Gasteiger partial charge in [0.15, 0.2) is 0 Å². The van der Waals surface area contributed by atoms with Gasteiger partial charge in [0.25, 0.3) is 0 Å². The summed E-state index contributed by atoms with van der Waals surface area (Å²) < 4.78 is 5.38. The second kappa shape index (κ2) is 6.12. The number of carboxylic acids is 1. The largest absolute Gasteiger partial charge is 0.475 e. The minimum atomic E-state index is -1.04. The van der Waals surface area contributed by atoms with Crippen LogP contribution in [0.2, 0.25) is 0 Å². The number of hydrogen-bond donors (Lipinski definition) is 2. The van der Waals surface area contributed by atoms with Gasteiger partial charge in [-0.2, -0.15) is 11.8 Å². The Morgan fingerprint density at radius 1 is 1.42 bits per heavy atom. The van der Waals surface area contributed by atoms with Gasteiger partial charge in [0.2, 0.25) is 5.76 Å². The van der Waals surface area contributed by atoms with Crippen LogP contribution in [0.3, 0.4) is 0 Å². The number of carboxylic acid groups (broad SMARTS) is 1. The normalized spacial score (nSPS) is 12.7. The maximum Gasteiger partial charge on any atom is 0.372 e. The molecular formula is C14H16O4S. The molecule has 0 amide bonds. The summed E-state index contributed by atoms with van der Waals surface area (Å²) >= 11 is 1.61. The van der Waals surface area contributed by atoms with Crippen molar-refractivity contribution in [3.63, 3.8) is 0 Å². The molecule has 1 unspecified atom stereocenters. The number of fused-ring (bicyclic) bond motifs is 1. The second-order valence-corrected chi connectivity index (χ2v) is 5.54. The summed E-state index contributed by atoms with van der Waals surface area (Å²) in [4.78, 5) is 11.2. The van der Waals surface area contributed by atoms with Crippen LogP contribution in [-0.4, -0.2) is 28.5 Å². The van der Waals surface area contributed by atoms with E-state index in [9.17, 15) is 9.90 Å². The fourth-order valence-corrected chi connectivity index (χ4v) is 2.95. The highest BCUT2D eigenvalue weighted by Gasteiger charge is 2.19. The fraction of sp³-hybridized carbons (Fsp3) is 0.357. The van der Waals surface area contributed by atoms with Crippen molar-refractivity contribution in [3.05, 3.63) is 35.6 Å². The molecule has 0 aliphatic carbocycles. The van der Waals surface area contributed by atoms with Gasteiger partial charge in [0, 0.05) is 23.3 Å². The fourth-order valence-electron chi connectivity index (χ4n) is 1.83. The molecule has 1 aromatic heterocycles. The van der Waals surface area contributed by atoms with Crippen LogP contribution >= 0.6 is 11.8 Å². The van der Waals surface area contributed by atoms with Gasteiger partial charge in [-0.25, -0.2) is 4.79 Å². The van der Waals surface area contributed by atoms with Gasteiger partial charge in [-0.1, -0.05) is 25.1 Å². The van der Waals surface area contributed by atoms with E-state index in [0.717, 1.165) is 16.7 Å². The van der Waals surface area contributed by atoms with E-state index in [1.54, 1.807) is 17.8 Å². The van der Waals surface area contributed by atoms with E-state index in [1.807, 2.05) is 25.1 Å². The van der Waals surface area contributed by atoms with E-state index in [-0.39, 0.29) is 18.3 Å². The molecular weight excluding hydrogens is 264 g/mol. The Morgan fingerprint density at radius 2 is 2.16 bits per heavy atom. The lowest BCUT2D eigenvalue weighted by atomic mass is 10.1. The van der Waals surface area contributed by atoms with Gasteiger partial charge in [0.05, 0.1) is 0 Å². The Balaban J connectivity index is 2.24. The van der Waals surface area contributed by atoms with Crippen LogP contribution < -0.4 is 0 Å². The molecule has 1 aromatic carbocycles. The summed E-state index contributed by atoms with van der Waals surface area (Å²) in [5.74, 6) is 0.543. The maximum atomic E-state index is 11.2. The molecule has 5 heteroatoms. The summed E-state index contributed by atoms with van der Waals surface area (Å²) in [6.07, 6.45) is 0. The lowest BCUT2D eigenvalue weighted by molar-refractivity contribution is 0.0664. The van der Waals surface area contributed by atoms with Crippen LogP contribution in [0.1, 0.15) is 23.0 Å². The molecule has 0 bridgehead atoms. The molecule has 0 aliphatic rings. The first-order valence-electron chi connectivity index (χ1n) is 6.05. The number of thioether (sulfide) groups is 1. The number of furan rings is 1. The Kier molecular flexibility index (Phi) is 4.50. The molecule has 2 aromatic rings.